The third-order valence-corrected chi connectivity index (χ3v) is 1.30. The minimum Gasteiger partial charge on any atom is -0.478 e. The van der Waals surface area contributed by atoms with Gasteiger partial charge >= 0.3 is 5.97 Å². The van der Waals surface area contributed by atoms with Crippen LogP contribution >= 0.6 is 17.0 Å². The van der Waals surface area contributed by atoms with Gasteiger partial charge in [-0.15, -0.1) is 17.0 Å². The molecule has 0 atom stereocenters. The monoisotopic (exact) mass is 232 g/mol. The summed E-state index contributed by atoms with van der Waals surface area (Å²) in [6, 6.07) is 6.17. The van der Waals surface area contributed by atoms with Crippen LogP contribution in [0.25, 0.3) is 0 Å². The lowest BCUT2D eigenvalue weighted by Crippen LogP contribution is -2.06. The fraction of sp³-hybridized carbons (Fsp3) is 0. The molecule has 1 aromatic carbocycles. The number of carboxylic acids is 1. The first-order valence-electron chi connectivity index (χ1n) is 3.04. The van der Waals surface area contributed by atoms with E-state index in [4.69, 9.17) is 10.9 Å². The van der Waals surface area contributed by atoms with Gasteiger partial charge in [0.25, 0.3) is 0 Å². The van der Waals surface area contributed by atoms with E-state index in [0.717, 1.165) is 0 Å². The highest BCUT2D eigenvalue weighted by atomic mass is 79.9. The fourth-order valence-electron chi connectivity index (χ4n) is 0.709. The van der Waals surface area contributed by atoms with E-state index in [1.165, 1.54) is 12.1 Å². The van der Waals surface area contributed by atoms with E-state index in [1.807, 2.05) is 0 Å². The molecule has 0 aliphatic rings. The van der Waals surface area contributed by atoms with Gasteiger partial charge in [-0.3, -0.25) is 5.84 Å². The zero-order valence-electron chi connectivity index (χ0n) is 6.15. The summed E-state index contributed by atoms with van der Waals surface area (Å²) in [6.07, 6.45) is 0. The van der Waals surface area contributed by atoms with Crippen LogP contribution in [0, 0.1) is 0 Å². The second-order valence-electron chi connectivity index (χ2n) is 2.03. The van der Waals surface area contributed by atoms with E-state index in [-0.39, 0.29) is 22.5 Å². The Morgan fingerprint density at radius 3 is 2.17 bits per heavy atom. The van der Waals surface area contributed by atoms with Gasteiger partial charge in [0.05, 0.1) is 5.56 Å². The Balaban J connectivity index is 0.00000121. The van der Waals surface area contributed by atoms with Crippen molar-refractivity contribution in [3.05, 3.63) is 29.8 Å². The van der Waals surface area contributed by atoms with Crippen LogP contribution in [0.3, 0.4) is 0 Å². The molecule has 0 amide bonds. The number of anilines is 1. The molecule has 4 N–H and O–H groups in total. The van der Waals surface area contributed by atoms with E-state index in [9.17, 15) is 4.79 Å². The van der Waals surface area contributed by atoms with Crippen molar-refractivity contribution >= 4 is 28.6 Å². The predicted molar refractivity (Wildman–Crippen MR) is 51.5 cm³/mol. The molecule has 66 valence electrons. The van der Waals surface area contributed by atoms with Crippen LogP contribution in [0.15, 0.2) is 24.3 Å². The zero-order valence-corrected chi connectivity index (χ0v) is 7.86. The molecule has 0 aromatic heterocycles. The molecule has 12 heavy (non-hydrogen) atoms. The van der Waals surface area contributed by atoms with Crippen LogP contribution in [0.5, 0.6) is 0 Å². The number of carbonyl (C=O) groups is 1. The summed E-state index contributed by atoms with van der Waals surface area (Å²) in [6.45, 7) is 0. The van der Waals surface area contributed by atoms with Crippen LogP contribution in [0.2, 0.25) is 0 Å². The van der Waals surface area contributed by atoms with Crippen LogP contribution in [0.4, 0.5) is 5.69 Å². The first kappa shape index (κ1) is 10.9. The molecule has 0 bridgehead atoms. The summed E-state index contributed by atoms with van der Waals surface area (Å²) in [5, 5.41) is 8.50. The standard InChI is InChI=1S/C7H8N2O2.BrH/c8-9-6-3-1-5(2-4-6)7(10)11;/h1-4,9H,8H2,(H,10,11);1H. The Kier molecular flexibility index (Phi) is 4.31. The number of benzene rings is 1. The average Bonchev–Trinajstić information content (AvgIpc) is 2.05. The Morgan fingerprint density at radius 1 is 1.33 bits per heavy atom. The lowest BCUT2D eigenvalue weighted by atomic mass is 10.2. The number of nitrogens with one attached hydrogen (secondary N) is 1. The van der Waals surface area contributed by atoms with Crippen molar-refractivity contribution in [2.24, 2.45) is 5.84 Å². The van der Waals surface area contributed by atoms with Crippen LogP contribution in [0.1, 0.15) is 10.4 Å². The summed E-state index contributed by atoms with van der Waals surface area (Å²) < 4.78 is 0. The Morgan fingerprint density at radius 2 is 1.83 bits per heavy atom. The minimum absolute atomic E-state index is 0. The summed E-state index contributed by atoms with van der Waals surface area (Å²) in [5.41, 5.74) is 3.34. The molecule has 0 saturated carbocycles. The van der Waals surface area contributed by atoms with Gasteiger partial charge in [-0.2, -0.15) is 0 Å². The van der Waals surface area contributed by atoms with Gasteiger partial charge in [0.1, 0.15) is 0 Å². The number of nitrogen functional groups attached to an aromatic ring is 1. The molecule has 0 fully saturated rings. The molecule has 0 aliphatic heterocycles. The highest BCUT2D eigenvalue weighted by Crippen LogP contribution is 2.07. The highest BCUT2D eigenvalue weighted by Gasteiger charge is 1.99. The first-order valence-corrected chi connectivity index (χ1v) is 3.04. The van der Waals surface area contributed by atoms with E-state index in [2.05, 4.69) is 5.43 Å². The van der Waals surface area contributed by atoms with Crippen molar-refractivity contribution in [2.75, 3.05) is 5.43 Å². The summed E-state index contributed by atoms with van der Waals surface area (Å²) in [5.74, 6) is 4.14. The van der Waals surface area contributed by atoms with E-state index in [1.54, 1.807) is 12.1 Å². The van der Waals surface area contributed by atoms with Gasteiger partial charge in [0, 0.05) is 5.69 Å². The predicted octanol–water partition coefficient (Wildman–Crippen LogP) is 1.25. The van der Waals surface area contributed by atoms with Gasteiger partial charge in [0.15, 0.2) is 0 Å². The lowest BCUT2D eigenvalue weighted by molar-refractivity contribution is 0.0697. The van der Waals surface area contributed by atoms with E-state index >= 15 is 0 Å². The molecule has 0 unspecified atom stereocenters. The minimum atomic E-state index is -0.937. The van der Waals surface area contributed by atoms with Crippen LogP contribution in [-0.2, 0) is 0 Å². The molecule has 0 radical (unpaired) electrons. The van der Waals surface area contributed by atoms with Crippen molar-refractivity contribution in [3.63, 3.8) is 0 Å². The maximum absolute atomic E-state index is 10.3. The summed E-state index contributed by atoms with van der Waals surface area (Å²) in [7, 11) is 0. The first-order chi connectivity index (χ1) is 5.24. The number of hydrazine groups is 1. The SMILES string of the molecule is Br.NNc1ccc(C(=O)O)cc1. The number of halogens is 1. The normalized spacial score (nSPS) is 8.42. The van der Waals surface area contributed by atoms with Crippen molar-refractivity contribution < 1.29 is 9.90 Å². The third kappa shape index (κ3) is 2.52. The van der Waals surface area contributed by atoms with Crippen molar-refractivity contribution in [1.29, 1.82) is 0 Å². The van der Waals surface area contributed by atoms with Gasteiger partial charge in [-0.25, -0.2) is 4.79 Å². The maximum atomic E-state index is 10.3. The van der Waals surface area contributed by atoms with Crippen molar-refractivity contribution in [3.8, 4) is 0 Å². The molecule has 5 heteroatoms. The van der Waals surface area contributed by atoms with E-state index in [0.29, 0.717) is 5.69 Å². The molecule has 0 spiro atoms. The number of hydrogen-bond acceptors (Lipinski definition) is 3. The third-order valence-electron chi connectivity index (χ3n) is 1.30. The number of hydrogen-bond donors (Lipinski definition) is 3. The highest BCUT2D eigenvalue weighted by molar-refractivity contribution is 8.93. The quantitative estimate of drug-likeness (QED) is 0.530. The smallest absolute Gasteiger partial charge is 0.335 e. The van der Waals surface area contributed by atoms with E-state index < -0.39 is 5.97 Å². The lowest BCUT2D eigenvalue weighted by Gasteiger charge is -1.98. The Hall–Kier alpha value is -1.07. The molecule has 1 rings (SSSR count). The molecule has 4 nitrogen and oxygen atoms in total. The largest absolute Gasteiger partial charge is 0.478 e. The average molecular weight is 233 g/mol. The fourth-order valence-corrected chi connectivity index (χ4v) is 0.709. The number of nitrogens with two attached hydrogens (primary N) is 1. The topological polar surface area (TPSA) is 75.3 Å². The number of carboxylic acid groups (broad SMARTS) is 1. The van der Waals surface area contributed by atoms with Gasteiger partial charge < -0.3 is 10.5 Å². The second-order valence-corrected chi connectivity index (χ2v) is 2.03. The molecular formula is C7H9BrN2O2. The maximum Gasteiger partial charge on any atom is 0.335 e. The second kappa shape index (κ2) is 4.74. The Labute approximate surface area is 80.1 Å². The Bertz CT molecular complexity index is 261. The zero-order chi connectivity index (χ0) is 8.27. The van der Waals surface area contributed by atoms with Crippen LogP contribution < -0.4 is 11.3 Å². The molecule has 1 aromatic rings. The van der Waals surface area contributed by atoms with Crippen LogP contribution in [-0.4, -0.2) is 11.1 Å². The number of rotatable bonds is 2. The molecule has 0 heterocycles. The van der Waals surface area contributed by atoms with Gasteiger partial charge in [-0.05, 0) is 24.3 Å². The summed E-state index contributed by atoms with van der Waals surface area (Å²) in [4.78, 5) is 10.3. The van der Waals surface area contributed by atoms with Gasteiger partial charge in [0.2, 0.25) is 0 Å². The molecule has 0 saturated heterocycles. The van der Waals surface area contributed by atoms with Crippen molar-refractivity contribution in [2.45, 2.75) is 0 Å². The molecular weight excluding hydrogens is 224 g/mol. The number of aromatic carboxylic acids is 1. The van der Waals surface area contributed by atoms with Gasteiger partial charge in [-0.1, -0.05) is 0 Å². The summed E-state index contributed by atoms with van der Waals surface area (Å²) >= 11 is 0. The van der Waals surface area contributed by atoms with Crippen molar-refractivity contribution in [1.82, 2.24) is 0 Å². The molecule has 0 aliphatic carbocycles.